The molecule has 6 heteroatoms. The van der Waals surface area contributed by atoms with Crippen LogP contribution in [0, 0.1) is 0 Å². The van der Waals surface area contributed by atoms with E-state index in [0.29, 0.717) is 22.5 Å². The summed E-state index contributed by atoms with van der Waals surface area (Å²) in [6, 6.07) is 5.37. The van der Waals surface area contributed by atoms with E-state index in [-0.39, 0.29) is 0 Å². The van der Waals surface area contributed by atoms with Crippen LogP contribution >= 0.6 is 34.8 Å². The summed E-state index contributed by atoms with van der Waals surface area (Å²) in [7, 11) is 0. The Morgan fingerprint density at radius 3 is 2.69 bits per heavy atom. The minimum absolute atomic E-state index is 0.356. The number of alkyl halides is 1. The lowest BCUT2D eigenvalue weighted by Gasteiger charge is -2.03. The van der Waals surface area contributed by atoms with Crippen LogP contribution in [0.4, 0.5) is 0 Å². The van der Waals surface area contributed by atoms with E-state index in [4.69, 9.17) is 34.8 Å². The van der Waals surface area contributed by atoms with Crippen molar-refractivity contribution in [2.75, 3.05) is 0 Å². The highest BCUT2D eigenvalue weighted by Gasteiger charge is 2.04. The van der Waals surface area contributed by atoms with E-state index in [0.717, 1.165) is 11.3 Å². The molecule has 2 aromatic rings. The predicted octanol–water partition coefficient (Wildman–Crippen LogP) is 3.37. The fraction of sp³-hybridized carbons (Fsp3) is 0.200. The molecule has 0 bridgehead atoms. The first kappa shape index (κ1) is 11.7. The Hall–Kier alpha value is -0.770. The molecule has 16 heavy (non-hydrogen) atoms. The molecule has 0 N–H and O–H groups in total. The molecule has 0 saturated heterocycles. The number of aromatic nitrogens is 3. The molecule has 0 radical (unpaired) electrons. The van der Waals surface area contributed by atoms with Gasteiger partial charge in [0.2, 0.25) is 0 Å². The Bertz CT molecular complexity index is 496. The van der Waals surface area contributed by atoms with Crippen molar-refractivity contribution in [3.63, 3.8) is 0 Å². The summed E-state index contributed by atoms with van der Waals surface area (Å²) in [6.45, 7) is 0.555. The van der Waals surface area contributed by atoms with Crippen molar-refractivity contribution in [2.45, 2.75) is 12.4 Å². The summed E-state index contributed by atoms with van der Waals surface area (Å²) in [4.78, 5) is 0. The molecule has 1 heterocycles. The summed E-state index contributed by atoms with van der Waals surface area (Å²) in [5.74, 6) is 0.356. The first-order valence-electron chi connectivity index (χ1n) is 4.58. The maximum atomic E-state index is 6.05. The Balaban J connectivity index is 2.20. The molecule has 2 rings (SSSR count). The van der Waals surface area contributed by atoms with Gasteiger partial charge in [0.1, 0.15) is 0 Å². The molecule has 0 amide bonds. The number of hydrogen-bond acceptors (Lipinski definition) is 2. The number of hydrogen-bond donors (Lipinski definition) is 0. The van der Waals surface area contributed by atoms with Crippen LogP contribution in [0.3, 0.4) is 0 Å². The number of rotatable bonds is 3. The number of nitrogens with zero attached hydrogens (tertiary/aromatic N) is 3. The van der Waals surface area contributed by atoms with Crippen LogP contribution in [-0.2, 0) is 12.4 Å². The van der Waals surface area contributed by atoms with Crippen molar-refractivity contribution in [1.82, 2.24) is 15.0 Å². The number of halogens is 3. The highest BCUT2D eigenvalue weighted by molar-refractivity contribution is 6.35. The van der Waals surface area contributed by atoms with Gasteiger partial charge in [0, 0.05) is 10.0 Å². The van der Waals surface area contributed by atoms with Gasteiger partial charge in [0.15, 0.2) is 0 Å². The fourth-order valence-electron chi connectivity index (χ4n) is 1.30. The molecule has 84 valence electrons. The van der Waals surface area contributed by atoms with Crippen LogP contribution in [-0.4, -0.2) is 15.0 Å². The molecule has 0 aliphatic carbocycles. The summed E-state index contributed by atoms with van der Waals surface area (Å²) in [5, 5.41) is 9.07. The molecule has 0 spiro atoms. The molecule has 0 fully saturated rings. The maximum absolute atomic E-state index is 6.05. The van der Waals surface area contributed by atoms with Crippen LogP contribution < -0.4 is 0 Å². The zero-order chi connectivity index (χ0) is 11.5. The second kappa shape index (κ2) is 5.04. The van der Waals surface area contributed by atoms with Crippen LogP contribution in [0.2, 0.25) is 10.0 Å². The van der Waals surface area contributed by atoms with Crippen molar-refractivity contribution in [3.8, 4) is 0 Å². The van der Waals surface area contributed by atoms with Gasteiger partial charge in [-0.05, 0) is 17.7 Å². The molecule has 0 aliphatic rings. The van der Waals surface area contributed by atoms with Crippen LogP contribution in [0.15, 0.2) is 24.4 Å². The van der Waals surface area contributed by atoms with Gasteiger partial charge in [-0.1, -0.05) is 34.5 Å². The number of benzene rings is 1. The van der Waals surface area contributed by atoms with E-state index >= 15 is 0 Å². The monoisotopic (exact) mass is 275 g/mol. The van der Waals surface area contributed by atoms with E-state index in [2.05, 4.69) is 10.3 Å². The van der Waals surface area contributed by atoms with Gasteiger partial charge in [-0.2, -0.15) is 0 Å². The SMILES string of the molecule is ClCc1cn(Cc2ccc(Cl)cc2Cl)nn1. The first-order valence-corrected chi connectivity index (χ1v) is 5.87. The lowest BCUT2D eigenvalue weighted by molar-refractivity contribution is 0.649. The van der Waals surface area contributed by atoms with Gasteiger partial charge in [0.05, 0.1) is 24.3 Å². The minimum Gasteiger partial charge on any atom is -0.248 e. The third-order valence-electron chi connectivity index (χ3n) is 2.07. The van der Waals surface area contributed by atoms with Crippen molar-refractivity contribution >= 4 is 34.8 Å². The molecule has 0 aliphatic heterocycles. The molecule has 0 saturated carbocycles. The summed E-state index contributed by atoms with van der Waals surface area (Å²) in [6.07, 6.45) is 1.79. The highest BCUT2D eigenvalue weighted by Crippen LogP contribution is 2.21. The third kappa shape index (κ3) is 2.67. The molecule has 0 atom stereocenters. The Kier molecular flexibility index (Phi) is 3.69. The van der Waals surface area contributed by atoms with E-state index in [1.807, 2.05) is 6.07 Å². The summed E-state index contributed by atoms with van der Waals surface area (Å²) in [5.41, 5.74) is 1.68. The van der Waals surface area contributed by atoms with Gasteiger partial charge >= 0.3 is 0 Å². The Morgan fingerprint density at radius 2 is 2.06 bits per heavy atom. The van der Waals surface area contributed by atoms with Gasteiger partial charge in [-0.3, -0.25) is 0 Å². The molecule has 3 nitrogen and oxygen atoms in total. The zero-order valence-electron chi connectivity index (χ0n) is 8.20. The predicted molar refractivity (Wildman–Crippen MR) is 65.1 cm³/mol. The fourth-order valence-corrected chi connectivity index (χ4v) is 1.89. The zero-order valence-corrected chi connectivity index (χ0v) is 10.5. The third-order valence-corrected chi connectivity index (χ3v) is 2.93. The van der Waals surface area contributed by atoms with Gasteiger partial charge in [-0.25, -0.2) is 4.68 Å². The molecular weight excluding hydrogens is 268 g/mol. The maximum Gasteiger partial charge on any atom is 0.0974 e. The normalized spacial score (nSPS) is 10.7. The molecule has 1 aromatic carbocycles. The lowest BCUT2D eigenvalue weighted by Crippen LogP contribution is -2.00. The quantitative estimate of drug-likeness (QED) is 0.805. The van der Waals surface area contributed by atoms with E-state index in [1.54, 1.807) is 23.0 Å². The van der Waals surface area contributed by atoms with E-state index < -0.39 is 0 Å². The van der Waals surface area contributed by atoms with Gasteiger partial charge in [0.25, 0.3) is 0 Å². The standard InChI is InChI=1S/C10H8Cl3N3/c11-4-9-6-16(15-14-9)5-7-1-2-8(12)3-10(7)13/h1-3,6H,4-5H2. The lowest BCUT2D eigenvalue weighted by atomic mass is 10.2. The largest absolute Gasteiger partial charge is 0.248 e. The van der Waals surface area contributed by atoms with Crippen molar-refractivity contribution in [2.24, 2.45) is 0 Å². The minimum atomic E-state index is 0.356. The van der Waals surface area contributed by atoms with Crippen LogP contribution in [0.25, 0.3) is 0 Å². The van der Waals surface area contributed by atoms with E-state index in [1.165, 1.54) is 0 Å². The van der Waals surface area contributed by atoms with Gasteiger partial charge in [-0.15, -0.1) is 16.7 Å². The second-order valence-electron chi connectivity index (χ2n) is 3.28. The van der Waals surface area contributed by atoms with Crippen molar-refractivity contribution in [3.05, 3.63) is 45.7 Å². The molecule has 0 unspecified atom stereocenters. The van der Waals surface area contributed by atoms with Crippen LogP contribution in [0.1, 0.15) is 11.3 Å². The van der Waals surface area contributed by atoms with Crippen molar-refractivity contribution in [1.29, 1.82) is 0 Å². The van der Waals surface area contributed by atoms with Gasteiger partial charge < -0.3 is 0 Å². The first-order chi connectivity index (χ1) is 7.69. The second-order valence-corrected chi connectivity index (χ2v) is 4.39. The Morgan fingerprint density at radius 1 is 1.25 bits per heavy atom. The average molecular weight is 277 g/mol. The van der Waals surface area contributed by atoms with Crippen molar-refractivity contribution < 1.29 is 0 Å². The topological polar surface area (TPSA) is 30.7 Å². The van der Waals surface area contributed by atoms with Crippen LogP contribution in [0.5, 0.6) is 0 Å². The summed E-state index contributed by atoms with van der Waals surface area (Å²) < 4.78 is 1.69. The smallest absolute Gasteiger partial charge is 0.0974 e. The highest BCUT2D eigenvalue weighted by atomic mass is 35.5. The average Bonchev–Trinajstić information content (AvgIpc) is 2.70. The summed E-state index contributed by atoms with van der Waals surface area (Å²) >= 11 is 17.5. The Labute approximate surface area is 108 Å². The molecule has 1 aromatic heterocycles. The molecular formula is C10H8Cl3N3. The van der Waals surface area contributed by atoms with E-state index in [9.17, 15) is 0 Å².